The zero-order valence-electron chi connectivity index (χ0n) is 17.3. The first-order valence-electron chi connectivity index (χ1n) is 10.1. The van der Waals surface area contributed by atoms with Gasteiger partial charge in [-0.1, -0.05) is 22.0 Å². The van der Waals surface area contributed by atoms with Gasteiger partial charge >= 0.3 is 0 Å². The first-order chi connectivity index (χ1) is 16.1. The fourth-order valence-corrected chi connectivity index (χ4v) is 4.09. The summed E-state index contributed by atoms with van der Waals surface area (Å²) in [4.78, 5) is 15.7. The molecule has 0 bridgehead atoms. The fraction of sp³-hybridized carbons (Fsp3) is 0.238. The predicted octanol–water partition coefficient (Wildman–Crippen LogP) is 4.15. The highest BCUT2D eigenvalue weighted by molar-refractivity contribution is 9.10. The van der Waals surface area contributed by atoms with Crippen LogP contribution in [0.15, 0.2) is 50.4 Å². The molecule has 5 rings (SSSR count). The average molecular weight is 577 g/mol. The summed E-state index contributed by atoms with van der Waals surface area (Å²) in [6.45, 7) is 2.86. The Morgan fingerprint density at radius 2 is 1.76 bits per heavy atom. The van der Waals surface area contributed by atoms with Crippen molar-refractivity contribution < 1.29 is 14.2 Å². The quantitative estimate of drug-likeness (QED) is 0.330. The summed E-state index contributed by atoms with van der Waals surface area (Å²) in [5, 5.41) is 7.54. The number of morpholine rings is 1. The van der Waals surface area contributed by atoms with E-state index < -0.39 is 0 Å². The molecular formula is C21H19Br2N7O3. The summed E-state index contributed by atoms with van der Waals surface area (Å²) in [5.41, 5.74) is 4.58. The summed E-state index contributed by atoms with van der Waals surface area (Å²) in [5.74, 6) is 2.65. The van der Waals surface area contributed by atoms with Crippen molar-refractivity contribution in [3.8, 4) is 11.5 Å². The zero-order valence-corrected chi connectivity index (χ0v) is 20.5. The number of benzene rings is 2. The maximum Gasteiger partial charge on any atom is 0.250 e. The topological polar surface area (TPSA) is 106 Å². The lowest BCUT2D eigenvalue weighted by atomic mass is 10.2. The molecule has 10 nitrogen and oxygen atoms in total. The molecule has 0 saturated carbocycles. The van der Waals surface area contributed by atoms with E-state index in [2.05, 4.69) is 67.6 Å². The first kappa shape index (κ1) is 21.9. The molecule has 2 aromatic carbocycles. The van der Waals surface area contributed by atoms with Gasteiger partial charge in [-0.05, 0) is 46.3 Å². The van der Waals surface area contributed by atoms with Crippen LogP contribution in [-0.2, 0) is 4.74 Å². The van der Waals surface area contributed by atoms with E-state index in [0.717, 1.165) is 20.2 Å². The van der Waals surface area contributed by atoms with Gasteiger partial charge in [-0.25, -0.2) is 5.43 Å². The molecule has 3 heterocycles. The lowest BCUT2D eigenvalue weighted by molar-refractivity contribution is 0.122. The fourth-order valence-electron chi connectivity index (χ4n) is 3.26. The highest BCUT2D eigenvalue weighted by Crippen LogP contribution is 2.36. The lowest BCUT2D eigenvalue weighted by Crippen LogP contribution is -2.37. The van der Waals surface area contributed by atoms with Crippen molar-refractivity contribution in [2.45, 2.75) is 0 Å². The molecule has 0 radical (unpaired) electrons. The highest BCUT2D eigenvalue weighted by atomic mass is 79.9. The van der Waals surface area contributed by atoms with Gasteiger partial charge in [0.25, 0.3) is 0 Å². The first-order valence-corrected chi connectivity index (χ1v) is 11.7. The third kappa shape index (κ3) is 5.34. The minimum Gasteiger partial charge on any atom is -0.454 e. The molecule has 0 spiro atoms. The van der Waals surface area contributed by atoms with Crippen molar-refractivity contribution in [2.24, 2.45) is 5.10 Å². The van der Waals surface area contributed by atoms with E-state index >= 15 is 0 Å². The summed E-state index contributed by atoms with van der Waals surface area (Å²) in [7, 11) is 0. The largest absolute Gasteiger partial charge is 0.454 e. The monoisotopic (exact) mass is 575 g/mol. The van der Waals surface area contributed by atoms with E-state index in [9.17, 15) is 0 Å². The molecule has 1 aromatic heterocycles. The molecule has 12 heteroatoms. The van der Waals surface area contributed by atoms with Gasteiger partial charge in [0, 0.05) is 33.3 Å². The van der Waals surface area contributed by atoms with Crippen molar-refractivity contribution in [1.29, 1.82) is 0 Å². The van der Waals surface area contributed by atoms with Crippen LogP contribution in [0.5, 0.6) is 11.5 Å². The number of fused-ring (bicyclic) bond motifs is 1. The second-order valence-corrected chi connectivity index (χ2v) is 8.88. The Morgan fingerprint density at radius 1 is 0.970 bits per heavy atom. The molecule has 3 aromatic rings. The van der Waals surface area contributed by atoms with E-state index in [4.69, 9.17) is 14.2 Å². The molecule has 1 fully saturated rings. The Kier molecular flexibility index (Phi) is 6.55. The van der Waals surface area contributed by atoms with Crippen LogP contribution in [0.4, 0.5) is 23.5 Å². The maximum atomic E-state index is 5.45. The number of hydrogen-bond acceptors (Lipinski definition) is 10. The number of anilines is 4. The van der Waals surface area contributed by atoms with Gasteiger partial charge in [-0.3, -0.25) is 0 Å². The number of nitrogens with one attached hydrogen (secondary N) is 2. The van der Waals surface area contributed by atoms with Crippen molar-refractivity contribution in [2.75, 3.05) is 48.7 Å². The van der Waals surface area contributed by atoms with Crippen molar-refractivity contribution in [3.05, 3.63) is 50.9 Å². The molecule has 2 N–H and O–H groups in total. The molecule has 2 aliphatic heterocycles. The van der Waals surface area contributed by atoms with Crippen LogP contribution in [0.3, 0.4) is 0 Å². The molecule has 1 saturated heterocycles. The van der Waals surface area contributed by atoms with Crippen LogP contribution in [-0.4, -0.2) is 54.3 Å². The zero-order chi connectivity index (χ0) is 22.6. The molecule has 0 unspecified atom stereocenters. The number of halogens is 2. The van der Waals surface area contributed by atoms with Gasteiger partial charge in [-0.15, -0.1) is 0 Å². The number of hydrazone groups is 1. The summed E-state index contributed by atoms with van der Waals surface area (Å²) >= 11 is 7.01. The molecule has 2 aliphatic rings. The Balaban J connectivity index is 1.39. The standard InChI is InChI=1S/C21H19Br2N7O3/c22-14-2-1-3-15(9-14)25-19-26-20(28-21(27-19)30-4-6-31-7-5-30)29-24-11-13-8-17-18(10-16(13)23)33-12-32-17/h1-3,8-11H,4-7,12H2,(H2,25,26,27,28,29). The molecule has 33 heavy (non-hydrogen) atoms. The number of hydrogen-bond donors (Lipinski definition) is 2. The minimum atomic E-state index is 0.212. The Labute approximate surface area is 206 Å². The van der Waals surface area contributed by atoms with Gasteiger partial charge in [-0.2, -0.15) is 20.1 Å². The second kappa shape index (κ2) is 9.89. The second-order valence-electron chi connectivity index (χ2n) is 7.11. The van der Waals surface area contributed by atoms with Gasteiger partial charge in [0.15, 0.2) is 11.5 Å². The van der Waals surface area contributed by atoms with Gasteiger partial charge < -0.3 is 24.4 Å². The average Bonchev–Trinajstić information content (AvgIpc) is 3.27. The smallest absolute Gasteiger partial charge is 0.250 e. The van der Waals surface area contributed by atoms with Crippen LogP contribution in [0, 0.1) is 0 Å². The van der Waals surface area contributed by atoms with Crippen LogP contribution in [0.2, 0.25) is 0 Å². The summed E-state index contributed by atoms with van der Waals surface area (Å²) < 4.78 is 18.1. The van der Waals surface area contributed by atoms with E-state index in [-0.39, 0.29) is 6.79 Å². The summed E-state index contributed by atoms with van der Waals surface area (Å²) in [6, 6.07) is 11.5. The van der Waals surface area contributed by atoms with E-state index in [1.165, 1.54) is 0 Å². The third-order valence-electron chi connectivity index (χ3n) is 4.86. The Morgan fingerprint density at radius 3 is 2.58 bits per heavy atom. The molecule has 170 valence electrons. The van der Waals surface area contributed by atoms with E-state index in [1.807, 2.05) is 36.4 Å². The van der Waals surface area contributed by atoms with Gasteiger partial charge in [0.2, 0.25) is 24.6 Å². The van der Waals surface area contributed by atoms with Crippen LogP contribution in [0.1, 0.15) is 5.56 Å². The molecule has 0 atom stereocenters. The summed E-state index contributed by atoms with van der Waals surface area (Å²) in [6.07, 6.45) is 1.66. The molecular weight excluding hydrogens is 558 g/mol. The Hall–Kier alpha value is -2.96. The minimum absolute atomic E-state index is 0.212. The molecule has 0 amide bonds. The van der Waals surface area contributed by atoms with Gasteiger partial charge in [0.1, 0.15) is 0 Å². The van der Waals surface area contributed by atoms with Crippen molar-refractivity contribution in [3.63, 3.8) is 0 Å². The van der Waals surface area contributed by atoms with Crippen molar-refractivity contribution >= 4 is 61.6 Å². The van der Waals surface area contributed by atoms with E-state index in [1.54, 1.807) is 6.21 Å². The lowest BCUT2D eigenvalue weighted by Gasteiger charge is -2.27. The SMILES string of the molecule is Brc1cccc(Nc2nc(NN=Cc3cc4c(cc3Br)OCO4)nc(N3CCOCC3)n2)c1. The number of nitrogens with zero attached hydrogens (tertiary/aromatic N) is 5. The van der Waals surface area contributed by atoms with Crippen LogP contribution < -0.4 is 25.1 Å². The van der Waals surface area contributed by atoms with E-state index in [0.29, 0.717) is 55.6 Å². The number of ether oxygens (including phenoxy) is 3. The number of aromatic nitrogens is 3. The van der Waals surface area contributed by atoms with Gasteiger partial charge in [0.05, 0.1) is 19.4 Å². The Bertz CT molecular complexity index is 1190. The highest BCUT2D eigenvalue weighted by Gasteiger charge is 2.18. The maximum absolute atomic E-state index is 5.45. The normalized spacial score (nSPS) is 15.2. The predicted molar refractivity (Wildman–Crippen MR) is 132 cm³/mol. The van der Waals surface area contributed by atoms with Crippen LogP contribution in [0.25, 0.3) is 0 Å². The molecule has 0 aliphatic carbocycles. The van der Waals surface area contributed by atoms with Crippen LogP contribution >= 0.6 is 31.9 Å². The third-order valence-corrected chi connectivity index (χ3v) is 6.04. The number of rotatable bonds is 6. The van der Waals surface area contributed by atoms with Crippen molar-refractivity contribution in [1.82, 2.24) is 15.0 Å².